The molecule has 0 radical (unpaired) electrons. The van der Waals surface area contributed by atoms with Gasteiger partial charge < -0.3 is 4.90 Å². The molecule has 1 rings (SSSR count). The summed E-state index contributed by atoms with van der Waals surface area (Å²) in [7, 11) is 0. The fourth-order valence-corrected chi connectivity index (χ4v) is 2.03. The molecule has 0 aliphatic heterocycles. The summed E-state index contributed by atoms with van der Waals surface area (Å²) in [6.45, 7) is 10.6. The fraction of sp³-hybridized carbons (Fsp3) is 0.357. The lowest BCUT2D eigenvalue weighted by molar-refractivity contribution is 0.112. The zero-order chi connectivity index (χ0) is 13.1. The average Bonchev–Trinajstić information content (AvgIpc) is 2.25. The summed E-state index contributed by atoms with van der Waals surface area (Å²) in [6.07, 6.45) is 2.65. The maximum absolute atomic E-state index is 11.1. The highest BCUT2D eigenvalue weighted by atomic mass is 35.5. The average molecular weight is 252 g/mol. The molecule has 0 spiro atoms. The van der Waals surface area contributed by atoms with E-state index in [-0.39, 0.29) is 5.54 Å². The normalized spacial score (nSPS) is 11.1. The molecule has 0 aliphatic carbocycles. The molecule has 92 valence electrons. The SMILES string of the molecule is C=CCN(c1c(Cl)cccc1C=O)C(C)(C)C. The van der Waals surface area contributed by atoms with Crippen molar-refractivity contribution < 1.29 is 4.79 Å². The topological polar surface area (TPSA) is 20.3 Å². The van der Waals surface area contributed by atoms with Crippen LogP contribution in [0.2, 0.25) is 5.02 Å². The van der Waals surface area contributed by atoms with Crippen LogP contribution >= 0.6 is 11.6 Å². The van der Waals surface area contributed by atoms with Crippen molar-refractivity contribution in [1.29, 1.82) is 0 Å². The lowest BCUT2D eigenvalue weighted by Gasteiger charge is -2.38. The first-order valence-corrected chi connectivity index (χ1v) is 5.92. The Hall–Kier alpha value is -1.28. The highest BCUT2D eigenvalue weighted by Crippen LogP contribution is 2.33. The first kappa shape index (κ1) is 13.8. The van der Waals surface area contributed by atoms with Gasteiger partial charge in [-0.3, -0.25) is 4.79 Å². The summed E-state index contributed by atoms with van der Waals surface area (Å²) in [5.41, 5.74) is 1.25. The third-order valence-corrected chi connectivity index (χ3v) is 2.84. The molecule has 0 aromatic heterocycles. The Morgan fingerprint density at radius 1 is 1.41 bits per heavy atom. The van der Waals surface area contributed by atoms with Crippen molar-refractivity contribution in [2.24, 2.45) is 0 Å². The van der Waals surface area contributed by atoms with Crippen LogP contribution in [-0.4, -0.2) is 18.4 Å². The van der Waals surface area contributed by atoms with Crippen LogP contribution in [0.5, 0.6) is 0 Å². The van der Waals surface area contributed by atoms with Gasteiger partial charge in [-0.15, -0.1) is 6.58 Å². The summed E-state index contributed by atoms with van der Waals surface area (Å²) >= 11 is 6.21. The summed E-state index contributed by atoms with van der Waals surface area (Å²) in [5, 5.41) is 0.589. The molecule has 0 N–H and O–H groups in total. The lowest BCUT2D eigenvalue weighted by atomic mass is 10.0. The number of hydrogen-bond acceptors (Lipinski definition) is 2. The first-order chi connectivity index (χ1) is 7.91. The van der Waals surface area contributed by atoms with E-state index >= 15 is 0 Å². The number of aldehydes is 1. The Morgan fingerprint density at radius 2 is 2.06 bits per heavy atom. The van der Waals surface area contributed by atoms with Gasteiger partial charge in [-0.05, 0) is 32.9 Å². The molecule has 0 fully saturated rings. The van der Waals surface area contributed by atoms with Crippen molar-refractivity contribution in [1.82, 2.24) is 0 Å². The third-order valence-electron chi connectivity index (χ3n) is 2.54. The minimum atomic E-state index is -0.128. The van der Waals surface area contributed by atoms with Gasteiger partial charge >= 0.3 is 0 Å². The molecule has 17 heavy (non-hydrogen) atoms. The van der Waals surface area contributed by atoms with E-state index in [1.54, 1.807) is 18.2 Å². The summed E-state index contributed by atoms with van der Waals surface area (Å²) < 4.78 is 0. The number of hydrogen-bond donors (Lipinski definition) is 0. The molecule has 0 atom stereocenters. The Labute approximate surface area is 108 Å². The van der Waals surface area contributed by atoms with Gasteiger partial charge in [0.15, 0.2) is 6.29 Å². The zero-order valence-electron chi connectivity index (χ0n) is 10.5. The van der Waals surface area contributed by atoms with Gasteiger partial charge in [-0.1, -0.05) is 23.7 Å². The van der Waals surface area contributed by atoms with Gasteiger partial charge in [0.1, 0.15) is 0 Å². The number of nitrogens with zero attached hydrogens (tertiary/aromatic N) is 1. The minimum Gasteiger partial charge on any atom is -0.361 e. The van der Waals surface area contributed by atoms with E-state index in [2.05, 4.69) is 32.3 Å². The Bertz CT molecular complexity index is 421. The molecule has 0 amide bonds. The van der Waals surface area contributed by atoms with Crippen LogP contribution in [0.1, 0.15) is 31.1 Å². The Balaban J connectivity index is 3.36. The van der Waals surface area contributed by atoms with Gasteiger partial charge in [-0.25, -0.2) is 0 Å². The predicted molar refractivity (Wildman–Crippen MR) is 74.1 cm³/mol. The van der Waals surface area contributed by atoms with Crippen molar-refractivity contribution in [3.05, 3.63) is 41.4 Å². The molecule has 0 saturated heterocycles. The van der Waals surface area contributed by atoms with Gasteiger partial charge in [0, 0.05) is 17.6 Å². The third kappa shape index (κ3) is 3.10. The van der Waals surface area contributed by atoms with E-state index in [0.717, 1.165) is 12.0 Å². The quantitative estimate of drug-likeness (QED) is 0.597. The van der Waals surface area contributed by atoms with Gasteiger partial charge in [0.05, 0.1) is 10.7 Å². The molecular weight excluding hydrogens is 234 g/mol. The molecule has 1 aromatic rings. The van der Waals surface area contributed by atoms with Crippen molar-refractivity contribution in [2.45, 2.75) is 26.3 Å². The number of halogens is 1. The summed E-state index contributed by atoms with van der Waals surface area (Å²) in [4.78, 5) is 13.2. The minimum absolute atomic E-state index is 0.128. The maximum Gasteiger partial charge on any atom is 0.152 e. The number of rotatable bonds is 4. The fourth-order valence-electron chi connectivity index (χ4n) is 1.74. The molecule has 0 heterocycles. The Morgan fingerprint density at radius 3 is 2.53 bits per heavy atom. The lowest BCUT2D eigenvalue weighted by Crippen LogP contribution is -2.42. The van der Waals surface area contributed by atoms with Crippen LogP contribution in [0, 0.1) is 0 Å². The largest absolute Gasteiger partial charge is 0.361 e. The predicted octanol–water partition coefficient (Wildman–Crippen LogP) is 3.94. The number of carbonyl (C=O) groups is 1. The van der Waals surface area contributed by atoms with E-state index in [9.17, 15) is 4.79 Å². The zero-order valence-corrected chi connectivity index (χ0v) is 11.3. The number of para-hydroxylation sites is 1. The molecule has 3 heteroatoms. The molecule has 0 saturated carbocycles. The molecular formula is C14H18ClNO. The second-order valence-corrected chi connectivity index (χ2v) is 5.27. The van der Waals surface area contributed by atoms with E-state index < -0.39 is 0 Å². The summed E-state index contributed by atoms with van der Waals surface area (Å²) in [6, 6.07) is 5.35. The highest BCUT2D eigenvalue weighted by Gasteiger charge is 2.24. The standard InChI is InChI=1S/C14H18ClNO/c1-5-9-16(14(2,3)4)13-11(10-17)7-6-8-12(13)15/h5-8,10H,1,9H2,2-4H3. The summed E-state index contributed by atoms with van der Waals surface area (Å²) in [5.74, 6) is 0. The van der Waals surface area contributed by atoms with E-state index in [4.69, 9.17) is 11.6 Å². The van der Waals surface area contributed by atoms with Crippen molar-refractivity contribution >= 4 is 23.6 Å². The van der Waals surface area contributed by atoms with E-state index in [0.29, 0.717) is 17.1 Å². The van der Waals surface area contributed by atoms with E-state index in [1.807, 2.05) is 6.08 Å². The number of anilines is 1. The molecule has 1 aromatic carbocycles. The monoisotopic (exact) mass is 251 g/mol. The molecule has 0 aliphatic rings. The van der Waals surface area contributed by atoms with Crippen LogP contribution in [0.25, 0.3) is 0 Å². The second-order valence-electron chi connectivity index (χ2n) is 4.87. The van der Waals surface area contributed by atoms with Crippen LogP contribution in [0.4, 0.5) is 5.69 Å². The second kappa shape index (κ2) is 5.37. The highest BCUT2D eigenvalue weighted by molar-refractivity contribution is 6.34. The molecule has 2 nitrogen and oxygen atoms in total. The molecule has 0 bridgehead atoms. The van der Waals surface area contributed by atoms with Crippen molar-refractivity contribution in [3.8, 4) is 0 Å². The van der Waals surface area contributed by atoms with Crippen molar-refractivity contribution in [3.63, 3.8) is 0 Å². The maximum atomic E-state index is 11.1. The van der Waals surface area contributed by atoms with Gasteiger partial charge in [0.25, 0.3) is 0 Å². The molecule has 0 unspecified atom stereocenters. The van der Waals surface area contributed by atoms with Crippen LogP contribution in [0.15, 0.2) is 30.9 Å². The van der Waals surface area contributed by atoms with Crippen LogP contribution < -0.4 is 4.90 Å². The Kier molecular flexibility index (Phi) is 4.35. The van der Waals surface area contributed by atoms with Gasteiger partial charge in [0.2, 0.25) is 0 Å². The number of carbonyl (C=O) groups excluding carboxylic acids is 1. The van der Waals surface area contributed by atoms with Crippen molar-refractivity contribution in [2.75, 3.05) is 11.4 Å². The number of benzene rings is 1. The van der Waals surface area contributed by atoms with Gasteiger partial charge in [-0.2, -0.15) is 0 Å². The smallest absolute Gasteiger partial charge is 0.152 e. The van der Waals surface area contributed by atoms with Crippen LogP contribution in [0.3, 0.4) is 0 Å². The van der Waals surface area contributed by atoms with E-state index in [1.165, 1.54) is 0 Å². The van der Waals surface area contributed by atoms with Crippen LogP contribution in [-0.2, 0) is 0 Å². The first-order valence-electron chi connectivity index (χ1n) is 5.54.